The van der Waals surface area contributed by atoms with Crippen LogP contribution in [-0.4, -0.2) is 11.2 Å². The normalized spacial score (nSPS) is 10.3. The Morgan fingerprint density at radius 3 is 2.33 bits per heavy atom. The van der Waals surface area contributed by atoms with Gasteiger partial charge in [0.05, 0.1) is 9.40 Å². The molecule has 0 saturated carbocycles. The van der Waals surface area contributed by atoms with Crippen LogP contribution in [0.1, 0.15) is 5.56 Å². The minimum absolute atomic E-state index is 0.0208. The lowest BCUT2D eigenvalue weighted by molar-refractivity contribution is -0.386. The molecule has 0 spiro atoms. The fourth-order valence-electron chi connectivity index (χ4n) is 2.47. The number of carbonyl (C=O) groups excluding carboxylic acids is 1. The number of benzene rings is 3. The Hall–Kier alpha value is -3.19. The van der Waals surface area contributed by atoms with Crippen LogP contribution in [0, 0.1) is 10.1 Å². The average Bonchev–Trinajstić information content (AvgIpc) is 2.67. The zero-order chi connectivity index (χ0) is 19.2. The van der Waals surface area contributed by atoms with E-state index >= 15 is 0 Å². The van der Waals surface area contributed by atoms with Crippen molar-refractivity contribution in [2.75, 3.05) is 0 Å². The molecular weight excluding hydrogens is 414 g/mol. The van der Waals surface area contributed by atoms with Gasteiger partial charge < -0.3 is 14.3 Å². The molecular formula is C20H14BrNO5. The van der Waals surface area contributed by atoms with E-state index in [9.17, 15) is 14.9 Å². The molecule has 6 nitrogen and oxygen atoms in total. The van der Waals surface area contributed by atoms with Gasteiger partial charge in [-0.05, 0) is 46.3 Å². The molecule has 0 aliphatic carbocycles. The second-order valence-electron chi connectivity index (χ2n) is 5.48. The lowest BCUT2D eigenvalue weighted by Crippen LogP contribution is -1.99. The summed E-state index contributed by atoms with van der Waals surface area (Å²) < 4.78 is 11.9. The van der Waals surface area contributed by atoms with Gasteiger partial charge >= 0.3 is 5.69 Å². The predicted octanol–water partition coefficient (Wildman–Crippen LogP) is 5.68. The Morgan fingerprint density at radius 1 is 0.926 bits per heavy atom. The topological polar surface area (TPSA) is 78.7 Å². The Bertz CT molecular complexity index is 975. The summed E-state index contributed by atoms with van der Waals surface area (Å²) in [6.45, 7) is 0. The van der Waals surface area contributed by atoms with Crippen molar-refractivity contribution >= 4 is 27.9 Å². The summed E-state index contributed by atoms with van der Waals surface area (Å²) in [6, 6.07) is 18.7. The zero-order valence-electron chi connectivity index (χ0n) is 14.0. The van der Waals surface area contributed by atoms with Crippen LogP contribution in [0.5, 0.6) is 23.0 Å². The summed E-state index contributed by atoms with van der Waals surface area (Å²) in [6.07, 6.45) is 0.899. The molecule has 7 heteroatoms. The number of hydrogen-bond donors (Lipinski definition) is 0. The molecule has 0 aliphatic heterocycles. The van der Waals surface area contributed by atoms with Crippen molar-refractivity contribution in [3.05, 3.63) is 86.9 Å². The number of halogens is 1. The molecule has 0 saturated heterocycles. The van der Waals surface area contributed by atoms with E-state index in [1.54, 1.807) is 54.6 Å². The molecule has 0 aliphatic rings. The van der Waals surface area contributed by atoms with Gasteiger partial charge in [-0.3, -0.25) is 10.1 Å². The third-order valence-electron chi connectivity index (χ3n) is 3.69. The lowest BCUT2D eigenvalue weighted by Gasteiger charge is -2.13. The number of ether oxygens (including phenoxy) is 2. The Labute approximate surface area is 163 Å². The molecule has 0 unspecified atom stereocenters. The van der Waals surface area contributed by atoms with Crippen LogP contribution in [0.25, 0.3) is 0 Å². The van der Waals surface area contributed by atoms with Crippen molar-refractivity contribution in [2.24, 2.45) is 0 Å². The van der Waals surface area contributed by atoms with Gasteiger partial charge in [0.2, 0.25) is 11.5 Å². The van der Waals surface area contributed by atoms with Crippen LogP contribution >= 0.6 is 15.9 Å². The maximum absolute atomic E-state index is 11.8. The summed E-state index contributed by atoms with van der Waals surface area (Å²) >= 11 is 3.30. The molecule has 0 aromatic heterocycles. The average molecular weight is 428 g/mol. The maximum Gasteiger partial charge on any atom is 0.354 e. The number of aldehydes is 1. The largest absolute Gasteiger partial charge is 0.450 e. The fourth-order valence-corrected chi connectivity index (χ4v) is 2.87. The van der Waals surface area contributed by atoms with Crippen molar-refractivity contribution in [3.63, 3.8) is 0 Å². The van der Waals surface area contributed by atoms with Gasteiger partial charge in [-0.15, -0.1) is 0 Å². The minimum atomic E-state index is -0.555. The first-order valence-corrected chi connectivity index (χ1v) is 8.78. The monoisotopic (exact) mass is 427 g/mol. The van der Waals surface area contributed by atoms with Crippen molar-refractivity contribution in [1.82, 2.24) is 0 Å². The van der Waals surface area contributed by atoms with Gasteiger partial charge in [0.1, 0.15) is 17.8 Å². The molecule has 0 atom stereocenters. The molecule has 136 valence electrons. The highest BCUT2D eigenvalue weighted by Gasteiger charge is 2.27. The molecule has 3 aromatic carbocycles. The quantitative estimate of drug-likeness (QED) is 0.275. The molecule has 27 heavy (non-hydrogen) atoms. The minimum Gasteiger partial charge on any atom is -0.450 e. The van der Waals surface area contributed by atoms with Crippen LogP contribution in [0.15, 0.2) is 71.2 Å². The number of hydrogen-bond acceptors (Lipinski definition) is 5. The summed E-state index contributed by atoms with van der Waals surface area (Å²) in [7, 11) is 0. The third kappa shape index (κ3) is 4.32. The van der Waals surface area contributed by atoms with Gasteiger partial charge in [-0.2, -0.15) is 0 Å². The molecule has 0 bridgehead atoms. The van der Waals surface area contributed by atoms with Crippen molar-refractivity contribution < 1.29 is 19.2 Å². The molecule has 0 amide bonds. The van der Waals surface area contributed by atoms with Gasteiger partial charge in [0.15, 0.2) is 0 Å². The van der Waals surface area contributed by atoms with E-state index in [1.807, 2.05) is 6.07 Å². The second-order valence-corrected chi connectivity index (χ2v) is 6.33. The summed E-state index contributed by atoms with van der Waals surface area (Å²) in [5.74, 6) is 0.893. The van der Waals surface area contributed by atoms with Gasteiger partial charge in [-0.1, -0.05) is 36.4 Å². The lowest BCUT2D eigenvalue weighted by atomic mass is 10.1. The van der Waals surface area contributed by atoms with Crippen molar-refractivity contribution in [3.8, 4) is 23.0 Å². The first-order chi connectivity index (χ1) is 13.1. The number of para-hydroxylation sites is 2. The number of nitrogens with zero attached hydrogens (tertiary/aromatic N) is 1. The van der Waals surface area contributed by atoms with E-state index in [-0.39, 0.29) is 23.6 Å². The van der Waals surface area contributed by atoms with E-state index in [1.165, 1.54) is 6.07 Å². The van der Waals surface area contributed by atoms with E-state index in [2.05, 4.69) is 15.9 Å². The third-order valence-corrected chi connectivity index (χ3v) is 4.31. The van der Waals surface area contributed by atoms with Gasteiger partial charge in [0, 0.05) is 12.0 Å². The van der Waals surface area contributed by atoms with E-state index < -0.39 is 4.92 Å². The van der Waals surface area contributed by atoms with Gasteiger partial charge in [-0.25, -0.2) is 0 Å². The van der Waals surface area contributed by atoms with Crippen LogP contribution < -0.4 is 9.47 Å². The molecule has 0 heterocycles. The van der Waals surface area contributed by atoms with Crippen molar-refractivity contribution in [1.29, 1.82) is 0 Å². The summed E-state index contributed by atoms with van der Waals surface area (Å²) in [5, 5.41) is 11.8. The van der Waals surface area contributed by atoms with Crippen LogP contribution in [0.2, 0.25) is 0 Å². The van der Waals surface area contributed by atoms with E-state index in [4.69, 9.17) is 9.47 Å². The predicted molar refractivity (Wildman–Crippen MR) is 104 cm³/mol. The van der Waals surface area contributed by atoms with Crippen LogP contribution in [-0.2, 0) is 11.2 Å². The van der Waals surface area contributed by atoms with Crippen LogP contribution in [0.4, 0.5) is 5.69 Å². The standard InChI is InChI=1S/C20H14BrNO5/c21-16-10-11-18(27-17-9-5-4-6-14(17)12-13-23)19(22(24)25)20(16)26-15-7-2-1-3-8-15/h1-11,13H,12H2. The van der Waals surface area contributed by atoms with Crippen molar-refractivity contribution in [2.45, 2.75) is 6.42 Å². The molecule has 3 rings (SSSR count). The highest BCUT2D eigenvalue weighted by Crippen LogP contribution is 2.45. The molecule has 3 aromatic rings. The second kappa shape index (κ2) is 8.46. The summed E-state index contributed by atoms with van der Waals surface area (Å²) in [4.78, 5) is 22.1. The highest BCUT2D eigenvalue weighted by atomic mass is 79.9. The first-order valence-electron chi connectivity index (χ1n) is 7.99. The zero-order valence-corrected chi connectivity index (χ0v) is 15.6. The first kappa shape index (κ1) is 18.6. The van der Waals surface area contributed by atoms with E-state index in [0.717, 1.165) is 6.29 Å². The smallest absolute Gasteiger partial charge is 0.354 e. The highest BCUT2D eigenvalue weighted by molar-refractivity contribution is 9.10. The maximum atomic E-state index is 11.8. The Morgan fingerprint density at radius 2 is 1.63 bits per heavy atom. The SMILES string of the molecule is O=CCc1ccccc1Oc1ccc(Br)c(Oc2ccccc2)c1[N+](=O)[O-]. The van der Waals surface area contributed by atoms with Gasteiger partial charge in [0.25, 0.3) is 0 Å². The number of nitro benzene ring substituents is 1. The summed E-state index contributed by atoms with van der Waals surface area (Å²) in [5.41, 5.74) is 0.323. The number of rotatable bonds is 7. The Kier molecular flexibility index (Phi) is 5.83. The fraction of sp³-hybridized carbons (Fsp3) is 0.0500. The number of carbonyl (C=O) groups is 1. The molecule has 0 fully saturated rings. The van der Waals surface area contributed by atoms with Crippen LogP contribution in [0.3, 0.4) is 0 Å². The Balaban J connectivity index is 2.05. The molecule has 0 N–H and O–H groups in total. The number of nitro groups is 1. The molecule has 0 radical (unpaired) electrons. The van der Waals surface area contributed by atoms with E-state index in [0.29, 0.717) is 21.5 Å².